The Morgan fingerprint density at radius 2 is 1.90 bits per heavy atom. The van der Waals surface area contributed by atoms with E-state index in [4.69, 9.17) is 4.74 Å². The Bertz CT molecular complexity index is 275. The lowest BCUT2D eigenvalue weighted by atomic mass is 9.77. The van der Waals surface area contributed by atoms with Crippen LogP contribution in [-0.2, 0) is 4.74 Å². The van der Waals surface area contributed by atoms with Crippen molar-refractivity contribution in [2.24, 2.45) is 17.8 Å². The monoisotopic (exact) mass is 284 g/mol. The van der Waals surface area contributed by atoms with Crippen LogP contribution in [0.25, 0.3) is 0 Å². The summed E-state index contributed by atoms with van der Waals surface area (Å²) in [5.74, 6) is 1.68. The Kier molecular flexibility index (Phi) is 7.00. The summed E-state index contributed by atoms with van der Waals surface area (Å²) in [5, 5.41) is 10.7. The Labute approximate surface area is 126 Å². The van der Waals surface area contributed by atoms with E-state index in [0.717, 1.165) is 25.2 Å². The molecule has 1 aliphatic heterocycles. The van der Waals surface area contributed by atoms with Gasteiger partial charge in [0.1, 0.15) is 0 Å². The second kappa shape index (κ2) is 7.79. The minimum absolute atomic E-state index is 0.296. The molecule has 1 aliphatic rings. The molecule has 20 heavy (non-hydrogen) atoms. The van der Waals surface area contributed by atoms with E-state index in [2.05, 4.69) is 34.6 Å². The SMILES string of the molecule is CCC1CC(C)OC(C[C@H](C)[C@](C)(O)C[C@@H](C)CC)C1. The quantitative estimate of drug-likeness (QED) is 0.728. The zero-order chi connectivity index (χ0) is 15.3. The number of ether oxygens (including phenoxy) is 1. The van der Waals surface area contributed by atoms with E-state index < -0.39 is 5.60 Å². The van der Waals surface area contributed by atoms with Crippen molar-refractivity contribution in [1.29, 1.82) is 0 Å². The van der Waals surface area contributed by atoms with E-state index in [1.807, 2.05) is 6.92 Å². The molecule has 0 amide bonds. The summed E-state index contributed by atoms with van der Waals surface area (Å²) in [7, 11) is 0. The molecule has 1 N–H and O–H groups in total. The molecular formula is C18H36O2. The Morgan fingerprint density at radius 3 is 2.45 bits per heavy atom. The van der Waals surface area contributed by atoms with E-state index in [-0.39, 0.29) is 0 Å². The third kappa shape index (κ3) is 5.37. The van der Waals surface area contributed by atoms with Crippen molar-refractivity contribution in [3.8, 4) is 0 Å². The van der Waals surface area contributed by atoms with Crippen LogP contribution in [0.4, 0.5) is 0 Å². The molecule has 0 aromatic rings. The lowest BCUT2D eigenvalue weighted by molar-refractivity contribution is -0.0939. The molecule has 0 radical (unpaired) electrons. The second-order valence-electron chi connectivity index (χ2n) is 7.53. The van der Waals surface area contributed by atoms with Crippen LogP contribution in [0.15, 0.2) is 0 Å². The molecule has 0 aromatic heterocycles. The first-order valence-corrected chi connectivity index (χ1v) is 8.66. The highest BCUT2D eigenvalue weighted by Crippen LogP contribution is 2.35. The molecule has 6 atom stereocenters. The van der Waals surface area contributed by atoms with Crippen LogP contribution in [0.2, 0.25) is 0 Å². The van der Waals surface area contributed by atoms with E-state index >= 15 is 0 Å². The first kappa shape index (κ1) is 18.0. The standard InChI is InChI=1S/C18H36O2/c1-7-13(3)12-18(6,19)14(4)9-17-11-16(8-2)10-15(5)20-17/h13-17,19H,7-12H2,1-6H3/t13-,14-,15?,16?,17?,18+/m0/s1. The van der Waals surface area contributed by atoms with Crippen molar-refractivity contribution in [2.75, 3.05) is 0 Å². The molecule has 2 nitrogen and oxygen atoms in total. The van der Waals surface area contributed by atoms with Crippen molar-refractivity contribution in [1.82, 2.24) is 0 Å². The first-order chi connectivity index (χ1) is 9.28. The molecule has 2 heteroatoms. The largest absolute Gasteiger partial charge is 0.390 e. The van der Waals surface area contributed by atoms with Gasteiger partial charge in [0.05, 0.1) is 17.8 Å². The summed E-state index contributed by atoms with van der Waals surface area (Å²) in [4.78, 5) is 0. The van der Waals surface area contributed by atoms with Crippen molar-refractivity contribution < 1.29 is 9.84 Å². The fourth-order valence-electron chi connectivity index (χ4n) is 3.56. The van der Waals surface area contributed by atoms with Gasteiger partial charge in [-0.1, -0.05) is 40.5 Å². The summed E-state index contributed by atoms with van der Waals surface area (Å²) in [5.41, 5.74) is -0.568. The molecule has 1 saturated heterocycles. The Morgan fingerprint density at radius 1 is 1.25 bits per heavy atom. The van der Waals surface area contributed by atoms with E-state index in [1.165, 1.54) is 19.3 Å². The zero-order valence-electron chi connectivity index (χ0n) is 14.5. The van der Waals surface area contributed by atoms with Gasteiger partial charge in [0, 0.05) is 0 Å². The van der Waals surface area contributed by atoms with E-state index in [9.17, 15) is 5.11 Å². The van der Waals surface area contributed by atoms with Gasteiger partial charge in [-0.15, -0.1) is 0 Å². The van der Waals surface area contributed by atoms with Gasteiger partial charge in [0.15, 0.2) is 0 Å². The highest BCUT2D eigenvalue weighted by molar-refractivity contribution is 4.85. The van der Waals surface area contributed by atoms with Crippen LogP contribution >= 0.6 is 0 Å². The minimum Gasteiger partial charge on any atom is -0.390 e. The Hall–Kier alpha value is -0.0800. The highest BCUT2D eigenvalue weighted by atomic mass is 16.5. The lowest BCUT2D eigenvalue weighted by Crippen LogP contribution is -2.39. The third-order valence-electron chi connectivity index (χ3n) is 5.40. The summed E-state index contributed by atoms with van der Waals surface area (Å²) in [6.45, 7) is 13.1. The van der Waals surface area contributed by atoms with E-state index in [1.54, 1.807) is 0 Å². The van der Waals surface area contributed by atoms with Crippen molar-refractivity contribution in [2.45, 2.75) is 97.9 Å². The lowest BCUT2D eigenvalue weighted by Gasteiger charge is -2.39. The van der Waals surface area contributed by atoms with Crippen LogP contribution in [0.3, 0.4) is 0 Å². The topological polar surface area (TPSA) is 29.5 Å². The van der Waals surface area contributed by atoms with Crippen LogP contribution in [-0.4, -0.2) is 22.9 Å². The molecule has 0 saturated carbocycles. The maximum absolute atomic E-state index is 10.7. The molecule has 1 rings (SSSR count). The first-order valence-electron chi connectivity index (χ1n) is 8.66. The minimum atomic E-state index is -0.568. The molecule has 1 fully saturated rings. The maximum atomic E-state index is 10.7. The van der Waals surface area contributed by atoms with Gasteiger partial charge in [-0.3, -0.25) is 0 Å². The normalized spacial score (nSPS) is 33.5. The van der Waals surface area contributed by atoms with Gasteiger partial charge in [-0.2, -0.15) is 0 Å². The molecule has 0 spiro atoms. The number of hydrogen-bond donors (Lipinski definition) is 1. The Balaban J connectivity index is 2.53. The zero-order valence-corrected chi connectivity index (χ0v) is 14.5. The van der Waals surface area contributed by atoms with Gasteiger partial charge < -0.3 is 9.84 Å². The fourth-order valence-corrected chi connectivity index (χ4v) is 3.56. The van der Waals surface area contributed by atoms with Crippen LogP contribution in [0, 0.1) is 17.8 Å². The van der Waals surface area contributed by atoms with E-state index in [0.29, 0.717) is 24.0 Å². The average Bonchev–Trinajstić information content (AvgIpc) is 2.37. The van der Waals surface area contributed by atoms with Crippen LogP contribution < -0.4 is 0 Å². The number of hydrogen-bond acceptors (Lipinski definition) is 2. The number of aliphatic hydroxyl groups is 1. The highest BCUT2D eigenvalue weighted by Gasteiger charge is 2.34. The van der Waals surface area contributed by atoms with Crippen molar-refractivity contribution in [3.63, 3.8) is 0 Å². The summed E-state index contributed by atoms with van der Waals surface area (Å²) in [6, 6.07) is 0. The molecule has 3 unspecified atom stereocenters. The van der Waals surface area contributed by atoms with Crippen molar-refractivity contribution >= 4 is 0 Å². The molecule has 1 heterocycles. The van der Waals surface area contributed by atoms with Crippen LogP contribution in [0.1, 0.15) is 80.1 Å². The third-order valence-corrected chi connectivity index (χ3v) is 5.40. The van der Waals surface area contributed by atoms with Gasteiger partial charge >= 0.3 is 0 Å². The molecule has 0 bridgehead atoms. The maximum Gasteiger partial charge on any atom is 0.0648 e. The molecule has 120 valence electrons. The number of rotatable bonds is 7. The summed E-state index contributed by atoms with van der Waals surface area (Å²) >= 11 is 0. The van der Waals surface area contributed by atoms with Gasteiger partial charge in [0.2, 0.25) is 0 Å². The van der Waals surface area contributed by atoms with Gasteiger partial charge in [-0.05, 0) is 57.3 Å². The molecular weight excluding hydrogens is 248 g/mol. The van der Waals surface area contributed by atoms with Crippen LogP contribution in [0.5, 0.6) is 0 Å². The summed E-state index contributed by atoms with van der Waals surface area (Å²) < 4.78 is 6.10. The van der Waals surface area contributed by atoms with Gasteiger partial charge in [-0.25, -0.2) is 0 Å². The van der Waals surface area contributed by atoms with Crippen molar-refractivity contribution in [3.05, 3.63) is 0 Å². The summed E-state index contributed by atoms with van der Waals surface area (Å²) in [6.07, 6.45) is 7.36. The molecule has 0 aromatic carbocycles. The second-order valence-corrected chi connectivity index (χ2v) is 7.53. The average molecular weight is 284 g/mol. The smallest absolute Gasteiger partial charge is 0.0648 e. The van der Waals surface area contributed by atoms with Gasteiger partial charge in [0.25, 0.3) is 0 Å². The predicted octanol–water partition coefficient (Wildman–Crippen LogP) is 4.79. The fraction of sp³-hybridized carbons (Fsp3) is 1.00. The predicted molar refractivity (Wildman–Crippen MR) is 85.8 cm³/mol. The molecule has 0 aliphatic carbocycles.